The minimum absolute atomic E-state index is 0.144. The number of hydrazine groups is 1. The molecule has 1 amide bonds. The molecule has 6 heteroatoms. The van der Waals surface area contributed by atoms with E-state index in [-0.39, 0.29) is 11.8 Å². The third-order valence-corrected chi connectivity index (χ3v) is 3.04. The van der Waals surface area contributed by atoms with E-state index in [1.54, 1.807) is 13.0 Å². The van der Waals surface area contributed by atoms with E-state index in [1.165, 1.54) is 0 Å². The molecule has 0 spiro atoms. The molecule has 0 aliphatic heterocycles. The Kier molecular flexibility index (Phi) is 10.0. The highest BCUT2D eigenvalue weighted by atomic mass is 32.1. The summed E-state index contributed by atoms with van der Waals surface area (Å²) in [7, 11) is 0. The maximum Gasteiger partial charge on any atom is 0.241 e. The van der Waals surface area contributed by atoms with Crippen LogP contribution in [0, 0.1) is 11.8 Å². The lowest BCUT2D eigenvalue weighted by atomic mass is 9.92. The van der Waals surface area contributed by atoms with Crippen LogP contribution in [0.3, 0.4) is 0 Å². The first-order chi connectivity index (χ1) is 9.36. The zero-order chi connectivity index (χ0) is 15.5. The molecule has 0 aliphatic rings. The van der Waals surface area contributed by atoms with E-state index in [2.05, 4.69) is 36.6 Å². The van der Waals surface area contributed by atoms with Crippen molar-refractivity contribution in [2.24, 2.45) is 11.8 Å². The molecule has 0 saturated carbocycles. The van der Waals surface area contributed by atoms with Gasteiger partial charge in [0.15, 0.2) is 5.11 Å². The number of amides is 1. The maximum atomic E-state index is 12.1. The largest absolute Gasteiger partial charge is 0.393 e. The second-order valence-electron chi connectivity index (χ2n) is 5.37. The Hall–Kier alpha value is -1.14. The van der Waals surface area contributed by atoms with Gasteiger partial charge in [0.1, 0.15) is 0 Å². The van der Waals surface area contributed by atoms with Crippen molar-refractivity contribution in [3.8, 4) is 0 Å². The van der Waals surface area contributed by atoms with E-state index >= 15 is 0 Å². The number of aliphatic hydroxyl groups excluding tert-OH is 1. The van der Waals surface area contributed by atoms with Gasteiger partial charge in [-0.3, -0.25) is 15.6 Å². The van der Waals surface area contributed by atoms with Gasteiger partial charge in [0.2, 0.25) is 5.91 Å². The molecule has 0 aliphatic carbocycles. The lowest BCUT2D eigenvalue weighted by Crippen LogP contribution is -2.49. The number of rotatable bonds is 8. The molecule has 0 heterocycles. The predicted molar refractivity (Wildman–Crippen MR) is 85.9 cm³/mol. The zero-order valence-corrected chi connectivity index (χ0v) is 13.4. The smallest absolute Gasteiger partial charge is 0.241 e. The van der Waals surface area contributed by atoms with Crippen LogP contribution in [0.25, 0.3) is 0 Å². The predicted octanol–water partition coefficient (Wildman–Crippen LogP) is 1.49. The molecular weight excluding hydrogens is 274 g/mol. The van der Waals surface area contributed by atoms with Crippen LogP contribution in [0.2, 0.25) is 0 Å². The lowest BCUT2D eigenvalue weighted by molar-refractivity contribution is -0.126. The molecule has 5 nitrogen and oxygen atoms in total. The van der Waals surface area contributed by atoms with Crippen molar-refractivity contribution in [1.29, 1.82) is 0 Å². The van der Waals surface area contributed by atoms with Gasteiger partial charge in [0.05, 0.1) is 6.10 Å². The van der Waals surface area contributed by atoms with Gasteiger partial charge in [-0.2, -0.15) is 0 Å². The molecule has 0 aromatic rings. The number of carbonyl (C=O) groups excluding carboxylic acids is 1. The second kappa shape index (κ2) is 10.6. The molecule has 0 aromatic heterocycles. The average molecular weight is 301 g/mol. The van der Waals surface area contributed by atoms with Crippen molar-refractivity contribution < 1.29 is 9.90 Å². The molecule has 0 fully saturated rings. The minimum Gasteiger partial charge on any atom is -0.393 e. The summed E-state index contributed by atoms with van der Waals surface area (Å²) in [5, 5.41) is 12.7. The van der Waals surface area contributed by atoms with Crippen molar-refractivity contribution >= 4 is 23.2 Å². The minimum atomic E-state index is -0.497. The summed E-state index contributed by atoms with van der Waals surface area (Å²) < 4.78 is 0. The Labute approximate surface area is 127 Å². The van der Waals surface area contributed by atoms with Gasteiger partial charge in [-0.1, -0.05) is 26.3 Å². The van der Waals surface area contributed by atoms with Crippen LogP contribution in [0.1, 0.15) is 40.0 Å². The van der Waals surface area contributed by atoms with E-state index in [9.17, 15) is 9.90 Å². The van der Waals surface area contributed by atoms with E-state index in [1.807, 2.05) is 0 Å². The topological polar surface area (TPSA) is 73.4 Å². The van der Waals surface area contributed by atoms with Crippen LogP contribution in [-0.4, -0.2) is 28.8 Å². The SMILES string of the molecule is C=CCNC(=S)NNC(=O)[C@@H](CCC(C)C)C[C@H](C)O. The van der Waals surface area contributed by atoms with Crippen molar-refractivity contribution in [1.82, 2.24) is 16.2 Å². The highest BCUT2D eigenvalue weighted by molar-refractivity contribution is 7.80. The molecule has 0 bridgehead atoms. The van der Waals surface area contributed by atoms with Crippen molar-refractivity contribution in [2.75, 3.05) is 6.54 Å². The Bertz CT molecular complexity index is 320. The molecule has 20 heavy (non-hydrogen) atoms. The lowest BCUT2D eigenvalue weighted by Gasteiger charge is -2.20. The summed E-state index contributed by atoms with van der Waals surface area (Å²) in [6.07, 6.45) is 3.33. The van der Waals surface area contributed by atoms with Crippen LogP contribution in [0.15, 0.2) is 12.7 Å². The van der Waals surface area contributed by atoms with Gasteiger partial charge >= 0.3 is 0 Å². The summed E-state index contributed by atoms with van der Waals surface area (Å²) in [6.45, 7) is 10.0. The van der Waals surface area contributed by atoms with E-state index in [4.69, 9.17) is 12.2 Å². The van der Waals surface area contributed by atoms with Crippen LogP contribution in [0.5, 0.6) is 0 Å². The van der Waals surface area contributed by atoms with Crippen LogP contribution < -0.4 is 16.2 Å². The number of aliphatic hydroxyl groups is 1. The van der Waals surface area contributed by atoms with Crippen molar-refractivity contribution in [3.63, 3.8) is 0 Å². The van der Waals surface area contributed by atoms with E-state index in [0.29, 0.717) is 24.0 Å². The Morgan fingerprint density at radius 3 is 2.45 bits per heavy atom. The monoisotopic (exact) mass is 301 g/mol. The number of hydrogen-bond donors (Lipinski definition) is 4. The number of carbonyl (C=O) groups is 1. The quantitative estimate of drug-likeness (QED) is 0.311. The summed E-state index contributed by atoms with van der Waals surface area (Å²) in [4.78, 5) is 12.1. The number of thiocarbonyl (C=S) groups is 1. The molecule has 4 N–H and O–H groups in total. The first-order valence-corrected chi connectivity index (χ1v) is 7.40. The third-order valence-electron chi connectivity index (χ3n) is 2.80. The Balaban J connectivity index is 4.24. The molecule has 116 valence electrons. The van der Waals surface area contributed by atoms with Gasteiger partial charge in [0.25, 0.3) is 0 Å². The molecule has 0 saturated heterocycles. The average Bonchev–Trinajstić information content (AvgIpc) is 2.37. The first-order valence-electron chi connectivity index (χ1n) is 6.99. The summed E-state index contributed by atoms with van der Waals surface area (Å²) in [6, 6.07) is 0. The van der Waals surface area contributed by atoms with Gasteiger partial charge in [-0.15, -0.1) is 6.58 Å². The fourth-order valence-electron chi connectivity index (χ4n) is 1.73. The summed E-state index contributed by atoms with van der Waals surface area (Å²) in [5.41, 5.74) is 5.23. The van der Waals surface area contributed by atoms with Gasteiger partial charge < -0.3 is 10.4 Å². The molecule has 0 radical (unpaired) electrons. The van der Waals surface area contributed by atoms with Crippen LogP contribution in [0.4, 0.5) is 0 Å². The second-order valence-corrected chi connectivity index (χ2v) is 5.77. The summed E-state index contributed by atoms with van der Waals surface area (Å²) in [5.74, 6) is 0.170. The van der Waals surface area contributed by atoms with Gasteiger partial charge in [-0.05, 0) is 37.9 Å². The number of nitrogens with one attached hydrogen (secondary N) is 3. The Morgan fingerprint density at radius 2 is 1.95 bits per heavy atom. The van der Waals surface area contributed by atoms with Crippen LogP contribution >= 0.6 is 12.2 Å². The molecule has 0 aromatic carbocycles. The van der Waals surface area contributed by atoms with E-state index in [0.717, 1.165) is 12.8 Å². The van der Waals surface area contributed by atoms with Crippen molar-refractivity contribution in [3.05, 3.63) is 12.7 Å². The highest BCUT2D eigenvalue weighted by Gasteiger charge is 2.20. The first kappa shape index (κ1) is 18.9. The Morgan fingerprint density at radius 1 is 1.30 bits per heavy atom. The fourth-order valence-corrected chi connectivity index (χ4v) is 1.87. The molecular formula is C14H27N3O2S. The van der Waals surface area contributed by atoms with Crippen LogP contribution in [-0.2, 0) is 4.79 Å². The normalized spacial score (nSPS) is 13.4. The van der Waals surface area contributed by atoms with Gasteiger partial charge in [-0.25, -0.2) is 0 Å². The molecule has 2 atom stereocenters. The summed E-state index contributed by atoms with van der Waals surface area (Å²) >= 11 is 4.98. The van der Waals surface area contributed by atoms with E-state index < -0.39 is 6.10 Å². The third kappa shape index (κ3) is 9.75. The molecule has 0 unspecified atom stereocenters. The number of hydrogen-bond acceptors (Lipinski definition) is 3. The molecule has 0 rings (SSSR count). The van der Waals surface area contributed by atoms with Crippen molar-refractivity contribution in [2.45, 2.75) is 46.1 Å². The standard InChI is InChI=1S/C14H27N3O2S/c1-5-8-15-14(20)17-16-13(19)12(9-11(4)18)7-6-10(2)3/h5,10-12,18H,1,6-9H2,2-4H3,(H,16,19)(H2,15,17,20)/t11-,12-/m0/s1. The fraction of sp³-hybridized carbons (Fsp3) is 0.714. The maximum absolute atomic E-state index is 12.1. The zero-order valence-electron chi connectivity index (χ0n) is 12.6. The highest BCUT2D eigenvalue weighted by Crippen LogP contribution is 2.17. The van der Waals surface area contributed by atoms with Gasteiger partial charge in [0, 0.05) is 12.5 Å².